The van der Waals surface area contributed by atoms with Gasteiger partial charge in [0.15, 0.2) is 0 Å². The molecule has 10 nitrogen and oxygen atoms in total. The molecule has 0 aromatic rings. The number of carboxylic acids is 1. The van der Waals surface area contributed by atoms with E-state index in [0.29, 0.717) is 25.7 Å². The molecule has 0 bridgehead atoms. The van der Waals surface area contributed by atoms with Crippen molar-refractivity contribution in [3.05, 3.63) is 22.8 Å². The minimum atomic E-state index is -1.67. The van der Waals surface area contributed by atoms with E-state index in [0.717, 1.165) is 43.3 Å². The SMILES string of the molecule is CC1=C2C3=CCC4C5(C)CCC(O)C(C)(C(=O)O)C5CCC4(C)C3(C)CCC2(C(=O)OC2OC(CO)C(O)C(O)C2O)CCC1C. The summed E-state index contributed by atoms with van der Waals surface area (Å²) in [5.74, 6) is -1.14. The van der Waals surface area contributed by atoms with Gasteiger partial charge in [0.1, 0.15) is 24.4 Å². The van der Waals surface area contributed by atoms with Crippen LogP contribution < -0.4 is 0 Å². The molecule has 1 aliphatic heterocycles. The molecule has 46 heavy (non-hydrogen) atoms. The van der Waals surface area contributed by atoms with E-state index in [4.69, 9.17) is 9.47 Å². The maximum atomic E-state index is 14.4. The van der Waals surface area contributed by atoms with Crippen LogP contribution in [0.1, 0.15) is 99.3 Å². The maximum absolute atomic E-state index is 14.4. The van der Waals surface area contributed by atoms with Gasteiger partial charge in [-0.1, -0.05) is 39.3 Å². The standard InChI is InChI=1S/C36H54O10/c1-18-9-14-36(31(44)46-29-28(41)27(40)26(39)21(17-37)45-29)16-15-33(4)20(25(36)19(18)2)7-8-22-32(3)12-11-24(38)35(6,30(42)43)23(32)10-13-34(22,33)5/h7,18,21-24,26-29,37-41H,8-17H2,1-6H3,(H,42,43). The van der Waals surface area contributed by atoms with E-state index in [9.17, 15) is 40.2 Å². The van der Waals surface area contributed by atoms with E-state index in [1.165, 1.54) is 5.57 Å². The Balaban J connectivity index is 1.39. The minimum absolute atomic E-state index is 0.148. The van der Waals surface area contributed by atoms with E-state index >= 15 is 0 Å². The first kappa shape index (κ1) is 34.1. The van der Waals surface area contributed by atoms with Gasteiger partial charge in [-0.2, -0.15) is 0 Å². The highest BCUT2D eigenvalue weighted by atomic mass is 16.7. The Morgan fingerprint density at radius 3 is 2.26 bits per heavy atom. The van der Waals surface area contributed by atoms with Gasteiger partial charge < -0.3 is 40.1 Å². The van der Waals surface area contributed by atoms with E-state index in [1.807, 2.05) is 0 Å². The molecule has 0 spiro atoms. The molecule has 6 aliphatic rings. The fourth-order valence-electron chi connectivity index (χ4n) is 11.6. The lowest BCUT2D eigenvalue weighted by Gasteiger charge is -2.70. The molecule has 0 aromatic carbocycles. The third-order valence-corrected chi connectivity index (χ3v) is 15.0. The van der Waals surface area contributed by atoms with Crippen molar-refractivity contribution in [2.75, 3.05) is 6.61 Å². The number of fused-ring (bicyclic) bond motifs is 7. The number of carbonyl (C=O) groups is 2. The van der Waals surface area contributed by atoms with E-state index < -0.39 is 66.2 Å². The molecule has 258 valence electrons. The summed E-state index contributed by atoms with van der Waals surface area (Å²) in [5, 5.41) is 62.4. The van der Waals surface area contributed by atoms with Crippen LogP contribution in [0.4, 0.5) is 0 Å². The molecule has 4 fully saturated rings. The lowest BCUT2D eigenvalue weighted by atomic mass is 9.34. The molecule has 0 radical (unpaired) electrons. The lowest BCUT2D eigenvalue weighted by Crippen LogP contribution is -2.66. The molecule has 1 heterocycles. The van der Waals surface area contributed by atoms with E-state index in [1.54, 1.807) is 6.92 Å². The molecule has 14 unspecified atom stereocenters. The Hall–Kier alpha value is -1.82. The van der Waals surface area contributed by atoms with Crippen LogP contribution in [0.25, 0.3) is 0 Å². The molecule has 5 aliphatic carbocycles. The Labute approximate surface area is 271 Å². The Morgan fingerprint density at radius 2 is 1.61 bits per heavy atom. The predicted octanol–water partition coefficient (Wildman–Crippen LogP) is 3.48. The first-order chi connectivity index (χ1) is 21.4. The number of carbonyl (C=O) groups excluding carboxylic acids is 1. The summed E-state index contributed by atoms with van der Waals surface area (Å²) in [5.41, 5.74) is 0.419. The summed E-state index contributed by atoms with van der Waals surface area (Å²) >= 11 is 0. The van der Waals surface area contributed by atoms with Crippen molar-refractivity contribution in [1.82, 2.24) is 0 Å². The predicted molar refractivity (Wildman–Crippen MR) is 167 cm³/mol. The number of carboxylic acid groups (broad SMARTS) is 1. The Bertz CT molecular complexity index is 1340. The normalized spacial score (nSPS) is 52.0. The highest BCUT2D eigenvalue weighted by molar-refractivity contribution is 5.84. The fraction of sp³-hybridized carbons (Fsp3) is 0.833. The molecule has 3 saturated carbocycles. The van der Waals surface area contributed by atoms with Crippen LogP contribution in [0, 0.1) is 44.8 Å². The first-order valence-corrected chi connectivity index (χ1v) is 17.3. The van der Waals surface area contributed by atoms with Crippen molar-refractivity contribution in [2.24, 2.45) is 44.8 Å². The molecule has 6 N–H and O–H groups in total. The van der Waals surface area contributed by atoms with Gasteiger partial charge in [0.05, 0.1) is 23.5 Å². The van der Waals surface area contributed by atoms with Gasteiger partial charge in [0, 0.05) is 0 Å². The Morgan fingerprint density at radius 1 is 0.913 bits per heavy atom. The third kappa shape index (κ3) is 4.29. The van der Waals surface area contributed by atoms with Crippen molar-refractivity contribution in [2.45, 2.75) is 136 Å². The van der Waals surface area contributed by atoms with Crippen LogP contribution in [0.15, 0.2) is 22.8 Å². The molecular formula is C36H54O10. The number of hydrogen-bond donors (Lipinski definition) is 6. The van der Waals surface area contributed by atoms with Gasteiger partial charge in [-0.25, -0.2) is 0 Å². The number of rotatable bonds is 4. The molecule has 1 saturated heterocycles. The van der Waals surface area contributed by atoms with Gasteiger partial charge in [0.25, 0.3) is 0 Å². The lowest BCUT2D eigenvalue weighted by molar-refractivity contribution is -0.295. The summed E-state index contributed by atoms with van der Waals surface area (Å²) in [6.45, 7) is 12.4. The van der Waals surface area contributed by atoms with E-state index in [-0.39, 0.29) is 34.0 Å². The molecular weight excluding hydrogens is 592 g/mol. The number of hydrogen-bond acceptors (Lipinski definition) is 9. The molecule has 14 atom stereocenters. The maximum Gasteiger partial charge on any atom is 0.318 e. The molecule has 10 heteroatoms. The smallest absolute Gasteiger partial charge is 0.318 e. The first-order valence-electron chi connectivity index (χ1n) is 17.3. The number of allylic oxidation sites excluding steroid dienone is 3. The quantitative estimate of drug-likeness (QED) is 0.248. The van der Waals surface area contributed by atoms with Crippen molar-refractivity contribution in [3.8, 4) is 0 Å². The zero-order valence-corrected chi connectivity index (χ0v) is 28.2. The summed E-state index contributed by atoms with van der Waals surface area (Å²) < 4.78 is 11.5. The summed E-state index contributed by atoms with van der Waals surface area (Å²) in [6, 6.07) is 0. The third-order valence-electron chi connectivity index (χ3n) is 15.0. The van der Waals surface area contributed by atoms with Gasteiger partial charge >= 0.3 is 11.9 Å². The second-order valence-electron chi connectivity index (χ2n) is 16.6. The second-order valence-corrected chi connectivity index (χ2v) is 16.6. The van der Waals surface area contributed by atoms with Crippen LogP contribution in [0.2, 0.25) is 0 Å². The van der Waals surface area contributed by atoms with Gasteiger partial charge in [-0.15, -0.1) is 0 Å². The van der Waals surface area contributed by atoms with Crippen LogP contribution in [-0.2, 0) is 19.1 Å². The summed E-state index contributed by atoms with van der Waals surface area (Å²) in [7, 11) is 0. The zero-order valence-electron chi connectivity index (χ0n) is 28.2. The highest BCUT2D eigenvalue weighted by Crippen LogP contribution is 2.75. The number of esters is 1. The largest absolute Gasteiger partial charge is 0.481 e. The topological polar surface area (TPSA) is 174 Å². The molecule has 0 aromatic heterocycles. The number of ether oxygens (including phenoxy) is 2. The zero-order chi connectivity index (χ0) is 33.8. The average molecular weight is 647 g/mol. The Kier molecular flexibility index (Phi) is 8.22. The fourth-order valence-corrected chi connectivity index (χ4v) is 11.6. The highest BCUT2D eigenvalue weighted by Gasteiger charge is 2.70. The van der Waals surface area contributed by atoms with Crippen LogP contribution in [-0.4, -0.2) is 86.0 Å². The number of aliphatic hydroxyl groups is 5. The van der Waals surface area contributed by atoms with E-state index in [2.05, 4.69) is 40.7 Å². The van der Waals surface area contributed by atoms with Crippen molar-refractivity contribution in [1.29, 1.82) is 0 Å². The molecule has 6 rings (SSSR count). The number of aliphatic hydroxyl groups excluding tert-OH is 5. The van der Waals surface area contributed by atoms with Crippen LogP contribution in [0.5, 0.6) is 0 Å². The van der Waals surface area contributed by atoms with Gasteiger partial charge in [-0.05, 0) is 117 Å². The average Bonchev–Trinajstić information content (AvgIpc) is 3.01. The van der Waals surface area contributed by atoms with Gasteiger partial charge in [0.2, 0.25) is 6.29 Å². The summed E-state index contributed by atoms with van der Waals surface area (Å²) in [6.07, 6.45) is 0.0153. The minimum Gasteiger partial charge on any atom is -0.481 e. The van der Waals surface area contributed by atoms with Crippen LogP contribution in [0.3, 0.4) is 0 Å². The van der Waals surface area contributed by atoms with Crippen LogP contribution >= 0.6 is 0 Å². The monoisotopic (exact) mass is 646 g/mol. The molecule has 0 amide bonds. The van der Waals surface area contributed by atoms with Gasteiger partial charge in [-0.3, -0.25) is 9.59 Å². The summed E-state index contributed by atoms with van der Waals surface area (Å²) in [4.78, 5) is 27.1. The number of aliphatic carboxylic acids is 1. The van der Waals surface area contributed by atoms with Crippen molar-refractivity contribution >= 4 is 11.9 Å². The van der Waals surface area contributed by atoms with Crippen molar-refractivity contribution < 1.29 is 49.7 Å². The second kappa shape index (κ2) is 11.1. The van der Waals surface area contributed by atoms with Crippen molar-refractivity contribution in [3.63, 3.8) is 0 Å².